The highest BCUT2D eigenvalue weighted by Gasteiger charge is 2.34. The average molecular weight is 247 g/mol. The number of piperidine rings is 1. The summed E-state index contributed by atoms with van der Waals surface area (Å²) in [7, 11) is 0. The normalized spacial score (nSPS) is 23.1. The number of para-hydroxylation sites is 1. The van der Waals surface area contributed by atoms with Crippen molar-refractivity contribution in [1.29, 1.82) is 0 Å². The smallest absolute Gasteiger partial charge is 0.0433 e. The molecule has 1 aromatic carbocycles. The SMILES string of the molecule is Cc1ccccc1N1CCC(CCO)CC1(C)C. The third-order valence-electron chi connectivity index (χ3n) is 4.22. The van der Waals surface area contributed by atoms with Crippen LogP contribution >= 0.6 is 0 Å². The summed E-state index contributed by atoms with van der Waals surface area (Å²) in [6.45, 7) is 8.25. The third-order valence-corrected chi connectivity index (χ3v) is 4.22. The van der Waals surface area contributed by atoms with Gasteiger partial charge in [0.15, 0.2) is 0 Å². The fourth-order valence-electron chi connectivity index (χ4n) is 3.27. The summed E-state index contributed by atoms with van der Waals surface area (Å²) >= 11 is 0. The molecule has 1 aliphatic heterocycles. The maximum absolute atomic E-state index is 9.10. The van der Waals surface area contributed by atoms with Crippen LogP contribution in [0.5, 0.6) is 0 Å². The fraction of sp³-hybridized carbons (Fsp3) is 0.625. The van der Waals surface area contributed by atoms with Crippen molar-refractivity contribution in [2.24, 2.45) is 5.92 Å². The largest absolute Gasteiger partial charge is 0.396 e. The molecule has 0 radical (unpaired) electrons. The summed E-state index contributed by atoms with van der Waals surface area (Å²) in [4.78, 5) is 2.54. The molecule has 0 amide bonds. The highest BCUT2D eigenvalue weighted by Crippen LogP contribution is 2.37. The van der Waals surface area contributed by atoms with E-state index < -0.39 is 0 Å². The number of rotatable bonds is 3. The van der Waals surface area contributed by atoms with Crippen LogP contribution < -0.4 is 4.90 Å². The van der Waals surface area contributed by atoms with E-state index in [1.165, 1.54) is 24.1 Å². The van der Waals surface area contributed by atoms with Gasteiger partial charge in [-0.15, -0.1) is 0 Å². The molecule has 1 saturated heterocycles. The molecule has 0 aliphatic carbocycles. The number of aliphatic hydroxyl groups is 1. The molecule has 18 heavy (non-hydrogen) atoms. The van der Waals surface area contributed by atoms with E-state index in [0.29, 0.717) is 12.5 Å². The van der Waals surface area contributed by atoms with Gasteiger partial charge in [-0.2, -0.15) is 0 Å². The van der Waals surface area contributed by atoms with Crippen LogP contribution in [0, 0.1) is 12.8 Å². The molecule has 0 saturated carbocycles. The van der Waals surface area contributed by atoms with Crippen molar-refractivity contribution in [3.63, 3.8) is 0 Å². The van der Waals surface area contributed by atoms with E-state index in [4.69, 9.17) is 5.11 Å². The van der Waals surface area contributed by atoms with E-state index in [1.807, 2.05) is 0 Å². The van der Waals surface area contributed by atoms with Crippen molar-refractivity contribution in [2.45, 2.75) is 45.6 Å². The first-order valence-corrected chi connectivity index (χ1v) is 6.99. The van der Waals surface area contributed by atoms with E-state index >= 15 is 0 Å². The van der Waals surface area contributed by atoms with E-state index in [0.717, 1.165) is 13.0 Å². The van der Waals surface area contributed by atoms with Gasteiger partial charge in [-0.3, -0.25) is 0 Å². The van der Waals surface area contributed by atoms with Crippen LogP contribution in [-0.4, -0.2) is 23.8 Å². The Hall–Kier alpha value is -1.02. The van der Waals surface area contributed by atoms with Crippen molar-refractivity contribution in [1.82, 2.24) is 0 Å². The molecule has 1 aliphatic rings. The summed E-state index contributed by atoms with van der Waals surface area (Å²) in [6, 6.07) is 8.64. The first-order valence-electron chi connectivity index (χ1n) is 6.99. The summed E-state index contributed by atoms with van der Waals surface area (Å²) in [5, 5.41) is 9.10. The Labute approximate surface area is 111 Å². The van der Waals surface area contributed by atoms with Crippen LogP contribution in [0.1, 0.15) is 38.7 Å². The number of anilines is 1. The topological polar surface area (TPSA) is 23.5 Å². The average Bonchev–Trinajstić information content (AvgIpc) is 2.30. The molecule has 1 atom stereocenters. The van der Waals surface area contributed by atoms with Gasteiger partial charge in [0, 0.05) is 24.4 Å². The fourth-order valence-corrected chi connectivity index (χ4v) is 3.27. The van der Waals surface area contributed by atoms with Crippen LogP contribution in [0.2, 0.25) is 0 Å². The Kier molecular flexibility index (Phi) is 3.96. The number of aliphatic hydroxyl groups excluding tert-OH is 1. The molecule has 0 spiro atoms. The van der Waals surface area contributed by atoms with Gasteiger partial charge in [-0.25, -0.2) is 0 Å². The Bertz CT molecular complexity index is 400. The van der Waals surface area contributed by atoms with Crippen LogP contribution in [0.4, 0.5) is 5.69 Å². The van der Waals surface area contributed by atoms with E-state index in [1.54, 1.807) is 0 Å². The Morgan fingerprint density at radius 1 is 1.33 bits per heavy atom. The maximum atomic E-state index is 9.10. The van der Waals surface area contributed by atoms with E-state index in [-0.39, 0.29) is 5.54 Å². The van der Waals surface area contributed by atoms with Gasteiger partial charge < -0.3 is 10.0 Å². The second-order valence-corrected chi connectivity index (χ2v) is 6.12. The molecule has 2 heteroatoms. The third kappa shape index (κ3) is 2.69. The van der Waals surface area contributed by atoms with Crippen molar-refractivity contribution < 1.29 is 5.11 Å². The van der Waals surface area contributed by atoms with Crippen LogP contribution in [0.15, 0.2) is 24.3 Å². The number of hydrogen-bond donors (Lipinski definition) is 1. The first kappa shape index (κ1) is 13.4. The van der Waals surface area contributed by atoms with Gasteiger partial charge in [0.1, 0.15) is 0 Å². The Morgan fingerprint density at radius 2 is 2.06 bits per heavy atom. The quantitative estimate of drug-likeness (QED) is 0.885. The number of nitrogens with zero attached hydrogens (tertiary/aromatic N) is 1. The van der Waals surface area contributed by atoms with Gasteiger partial charge >= 0.3 is 0 Å². The predicted octanol–water partition coefficient (Wildman–Crippen LogP) is 3.37. The molecule has 1 fully saturated rings. The van der Waals surface area contributed by atoms with Crippen LogP contribution in [-0.2, 0) is 0 Å². The standard InChI is InChI=1S/C16H25NO/c1-13-6-4-5-7-15(13)17-10-8-14(9-11-18)12-16(17,2)3/h4-7,14,18H,8-12H2,1-3H3. The summed E-state index contributed by atoms with van der Waals surface area (Å²) < 4.78 is 0. The maximum Gasteiger partial charge on any atom is 0.0433 e. The minimum absolute atomic E-state index is 0.185. The van der Waals surface area contributed by atoms with Crippen LogP contribution in [0.3, 0.4) is 0 Å². The lowest BCUT2D eigenvalue weighted by Crippen LogP contribution is -2.50. The zero-order valence-corrected chi connectivity index (χ0v) is 11.8. The van der Waals surface area contributed by atoms with Gasteiger partial charge in [-0.1, -0.05) is 18.2 Å². The second-order valence-electron chi connectivity index (χ2n) is 6.12. The van der Waals surface area contributed by atoms with E-state index in [2.05, 4.69) is 49.9 Å². The zero-order valence-electron chi connectivity index (χ0n) is 11.8. The molecule has 100 valence electrons. The molecular weight excluding hydrogens is 222 g/mol. The Balaban J connectivity index is 2.18. The van der Waals surface area contributed by atoms with Crippen molar-refractivity contribution in [2.75, 3.05) is 18.1 Å². The lowest BCUT2D eigenvalue weighted by Gasteiger charge is -2.47. The van der Waals surface area contributed by atoms with Crippen molar-refractivity contribution in [3.8, 4) is 0 Å². The van der Waals surface area contributed by atoms with Gasteiger partial charge in [0.05, 0.1) is 0 Å². The molecule has 1 aromatic rings. The predicted molar refractivity (Wildman–Crippen MR) is 77.0 cm³/mol. The zero-order chi connectivity index (χ0) is 13.2. The van der Waals surface area contributed by atoms with Gasteiger partial charge in [-0.05, 0) is 57.6 Å². The highest BCUT2D eigenvalue weighted by atomic mass is 16.3. The van der Waals surface area contributed by atoms with Gasteiger partial charge in [0.2, 0.25) is 0 Å². The van der Waals surface area contributed by atoms with Crippen molar-refractivity contribution in [3.05, 3.63) is 29.8 Å². The molecular formula is C16H25NO. The summed E-state index contributed by atoms with van der Waals surface area (Å²) in [5.74, 6) is 0.672. The minimum atomic E-state index is 0.185. The molecule has 2 nitrogen and oxygen atoms in total. The minimum Gasteiger partial charge on any atom is -0.396 e. The van der Waals surface area contributed by atoms with E-state index in [9.17, 15) is 0 Å². The lowest BCUT2D eigenvalue weighted by atomic mass is 9.80. The number of benzene rings is 1. The van der Waals surface area contributed by atoms with Crippen LogP contribution in [0.25, 0.3) is 0 Å². The van der Waals surface area contributed by atoms with Gasteiger partial charge in [0.25, 0.3) is 0 Å². The monoisotopic (exact) mass is 247 g/mol. The molecule has 1 N–H and O–H groups in total. The number of hydrogen-bond acceptors (Lipinski definition) is 2. The van der Waals surface area contributed by atoms with Crippen molar-refractivity contribution >= 4 is 5.69 Å². The molecule has 0 bridgehead atoms. The molecule has 1 unspecified atom stereocenters. The lowest BCUT2D eigenvalue weighted by molar-refractivity contribution is 0.205. The highest BCUT2D eigenvalue weighted by molar-refractivity contribution is 5.55. The second kappa shape index (κ2) is 5.31. The summed E-state index contributed by atoms with van der Waals surface area (Å²) in [5.41, 5.74) is 2.90. The Morgan fingerprint density at radius 3 is 2.67 bits per heavy atom. The summed E-state index contributed by atoms with van der Waals surface area (Å²) in [6.07, 6.45) is 3.31. The molecule has 2 rings (SSSR count). The first-order chi connectivity index (χ1) is 8.54. The number of aryl methyl sites for hydroxylation is 1. The molecule has 1 heterocycles. The molecule has 0 aromatic heterocycles.